The number of halogens is 1. The van der Waals surface area contributed by atoms with Crippen molar-refractivity contribution in [1.82, 2.24) is 14.9 Å². The van der Waals surface area contributed by atoms with E-state index in [0.29, 0.717) is 25.6 Å². The van der Waals surface area contributed by atoms with E-state index in [0.717, 1.165) is 21.1 Å². The Hall–Kier alpha value is -2.38. The number of carbonyl (C=O) groups is 1. The van der Waals surface area contributed by atoms with Crippen LogP contribution in [0.1, 0.15) is 32.6 Å². The maximum atomic E-state index is 12.7. The molecule has 0 spiro atoms. The molecule has 6 nitrogen and oxygen atoms in total. The number of hydrogen-bond donors (Lipinski definition) is 1. The molecule has 1 aromatic heterocycles. The van der Waals surface area contributed by atoms with Crippen LogP contribution in [0.25, 0.3) is 22.0 Å². The first kappa shape index (κ1) is 19.9. The monoisotopic (exact) mass is 457 g/mol. The fourth-order valence-corrected chi connectivity index (χ4v) is 3.78. The molecule has 29 heavy (non-hydrogen) atoms. The summed E-state index contributed by atoms with van der Waals surface area (Å²) >= 11 is 3.51. The lowest BCUT2D eigenvalue weighted by molar-refractivity contribution is -0.0349. The second-order valence-electron chi connectivity index (χ2n) is 8.15. The van der Waals surface area contributed by atoms with Crippen LogP contribution in [0.15, 0.2) is 47.1 Å². The van der Waals surface area contributed by atoms with Gasteiger partial charge in [-0.2, -0.15) is 0 Å². The molecule has 2 aromatic carbocycles. The SMILES string of the molecule is CC(C)(C)OC(=O)N1CCOC[C@H]1c1ncc(-c2ccc3cc(Br)ccc3c2)[nH]1. The number of aromatic amines is 1. The zero-order valence-corrected chi connectivity index (χ0v) is 18.3. The van der Waals surface area contributed by atoms with Crippen LogP contribution in [-0.4, -0.2) is 46.3 Å². The molecule has 3 aromatic rings. The van der Waals surface area contributed by atoms with E-state index in [9.17, 15) is 4.79 Å². The lowest BCUT2D eigenvalue weighted by Crippen LogP contribution is -2.46. The number of ether oxygens (including phenoxy) is 2. The van der Waals surface area contributed by atoms with Crippen LogP contribution < -0.4 is 0 Å². The summed E-state index contributed by atoms with van der Waals surface area (Å²) in [5.41, 5.74) is 1.40. The number of H-pyrrole nitrogens is 1. The maximum Gasteiger partial charge on any atom is 0.411 e. The second kappa shape index (κ2) is 7.80. The molecular formula is C22H24BrN3O3. The Kier molecular flexibility index (Phi) is 5.36. The molecule has 0 saturated carbocycles. The normalized spacial score (nSPS) is 17.5. The molecule has 4 rings (SSSR count). The van der Waals surface area contributed by atoms with Gasteiger partial charge in [-0.1, -0.05) is 34.1 Å². The summed E-state index contributed by atoms with van der Waals surface area (Å²) in [5, 5.41) is 2.32. The van der Waals surface area contributed by atoms with Crippen molar-refractivity contribution in [1.29, 1.82) is 0 Å². The molecule has 1 amide bonds. The number of nitrogens with zero attached hydrogens (tertiary/aromatic N) is 2. The van der Waals surface area contributed by atoms with E-state index >= 15 is 0 Å². The Morgan fingerprint density at radius 3 is 2.79 bits per heavy atom. The Morgan fingerprint density at radius 1 is 1.24 bits per heavy atom. The highest BCUT2D eigenvalue weighted by atomic mass is 79.9. The summed E-state index contributed by atoms with van der Waals surface area (Å²) in [4.78, 5) is 22.3. The molecule has 1 fully saturated rings. The van der Waals surface area contributed by atoms with Crippen molar-refractivity contribution in [2.45, 2.75) is 32.4 Å². The van der Waals surface area contributed by atoms with Crippen LogP contribution in [0, 0.1) is 0 Å². The van der Waals surface area contributed by atoms with E-state index in [-0.39, 0.29) is 12.1 Å². The predicted molar refractivity (Wildman–Crippen MR) is 116 cm³/mol. The number of nitrogens with one attached hydrogen (secondary N) is 1. The maximum absolute atomic E-state index is 12.7. The summed E-state index contributed by atoms with van der Waals surface area (Å²) in [6, 6.07) is 12.2. The first-order valence-corrected chi connectivity index (χ1v) is 10.4. The van der Waals surface area contributed by atoms with Crippen LogP contribution in [0.2, 0.25) is 0 Å². The number of hydrogen-bond acceptors (Lipinski definition) is 4. The van der Waals surface area contributed by atoms with Gasteiger partial charge < -0.3 is 14.5 Å². The minimum atomic E-state index is -0.547. The second-order valence-corrected chi connectivity index (χ2v) is 9.07. The average molecular weight is 458 g/mol. The molecule has 1 saturated heterocycles. The van der Waals surface area contributed by atoms with Crippen molar-refractivity contribution in [3.8, 4) is 11.3 Å². The van der Waals surface area contributed by atoms with E-state index in [1.807, 2.05) is 26.8 Å². The van der Waals surface area contributed by atoms with Crippen molar-refractivity contribution in [2.24, 2.45) is 0 Å². The van der Waals surface area contributed by atoms with Gasteiger partial charge in [-0.3, -0.25) is 4.90 Å². The Morgan fingerprint density at radius 2 is 2.00 bits per heavy atom. The first-order valence-electron chi connectivity index (χ1n) is 9.62. The largest absolute Gasteiger partial charge is 0.444 e. The number of amides is 1. The number of benzene rings is 2. The molecule has 2 heterocycles. The fourth-order valence-electron chi connectivity index (χ4n) is 3.41. The standard InChI is InChI=1S/C22H24BrN3O3/c1-22(2,3)29-21(27)26-8-9-28-13-19(26)20-24-12-18(25-20)16-5-4-15-11-17(23)7-6-14(15)10-16/h4-7,10-12,19H,8-9,13H2,1-3H3,(H,24,25)/t19-/m0/s1. The third-order valence-corrected chi connectivity index (χ3v) is 5.27. The van der Waals surface area contributed by atoms with E-state index in [1.165, 1.54) is 5.39 Å². The van der Waals surface area contributed by atoms with Crippen molar-refractivity contribution >= 4 is 32.8 Å². The van der Waals surface area contributed by atoms with Crippen molar-refractivity contribution in [3.63, 3.8) is 0 Å². The van der Waals surface area contributed by atoms with Crippen LogP contribution >= 0.6 is 15.9 Å². The van der Waals surface area contributed by atoms with Crippen LogP contribution in [-0.2, 0) is 9.47 Å². The van der Waals surface area contributed by atoms with Gasteiger partial charge >= 0.3 is 6.09 Å². The average Bonchev–Trinajstić information content (AvgIpc) is 3.16. The van der Waals surface area contributed by atoms with Gasteiger partial charge in [0.15, 0.2) is 0 Å². The fraction of sp³-hybridized carbons (Fsp3) is 0.364. The van der Waals surface area contributed by atoms with E-state index < -0.39 is 5.60 Å². The molecular weight excluding hydrogens is 434 g/mol. The molecule has 0 aliphatic carbocycles. The van der Waals surface area contributed by atoms with Gasteiger partial charge in [0.25, 0.3) is 0 Å². The number of fused-ring (bicyclic) bond motifs is 1. The predicted octanol–water partition coefficient (Wildman–Crippen LogP) is 5.30. The molecule has 0 unspecified atom stereocenters. The van der Waals surface area contributed by atoms with Gasteiger partial charge in [-0.25, -0.2) is 9.78 Å². The van der Waals surface area contributed by atoms with Gasteiger partial charge in [0.2, 0.25) is 0 Å². The zero-order chi connectivity index (χ0) is 20.6. The molecule has 1 aliphatic rings. The number of rotatable bonds is 2. The highest BCUT2D eigenvalue weighted by Gasteiger charge is 2.33. The van der Waals surface area contributed by atoms with Crippen LogP contribution in [0.4, 0.5) is 4.79 Å². The highest BCUT2D eigenvalue weighted by molar-refractivity contribution is 9.10. The van der Waals surface area contributed by atoms with Crippen LogP contribution in [0.5, 0.6) is 0 Å². The summed E-state index contributed by atoms with van der Waals surface area (Å²) in [7, 11) is 0. The highest BCUT2D eigenvalue weighted by Crippen LogP contribution is 2.29. The smallest absolute Gasteiger partial charge is 0.411 e. The van der Waals surface area contributed by atoms with Crippen LogP contribution in [0.3, 0.4) is 0 Å². The van der Waals surface area contributed by atoms with Crippen molar-refractivity contribution < 1.29 is 14.3 Å². The first-order chi connectivity index (χ1) is 13.8. The Balaban J connectivity index is 1.60. The molecule has 0 radical (unpaired) electrons. The number of morpholine rings is 1. The summed E-state index contributed by atoms with van der Waals surface area (Å²) < 4.78 is 12.2. The lowest BCUT2D eigenvalue weighted by Gasteiger charge is -2.35. The summed E-state index contributed by atoms with van der Waals surface area (Å²) in [6.45, 7) is 6.94. The number of carbonyl (C=O) groups excluding carboxylic acids is 1. The van der Waals surface area contributed by atoms with E-state index in [1.54, 1.807) is 11.1 Å². The quantitative estimate of drug-likeness (QED) is 0.566. The number of imidazole rings is 1. The molecule has 1 atom stereocenters. The molecule has 0 bridgehead atoms. The van der Waals surface area contributed by atoms with Gasteiger partial charge in [0.1, 0.15) is 17.5 Å². The van der Waals surface area contributed by atoms with Crippen molar-refractivity contribution in [2.75, 3.05) is 19.8 Å². The minimum Gasteiger partial charge on any atom is -0.444 e. The topological polar surface area (TPSA) is 67.4 Å². The van der Waals surface area contributed by atoms with Gasteiger partial charge in [-0.15, -0.1) is 0 Å². The van der Waals surface area contributed by atoms with E-state index in [4.69, 9.17) is 9.47 Å². The Bertz CT molecular complexity index is 1040. The van der Waals surface area contributed by atoms with Gasteiger partial charge in [0.05, 0.1) is 25.1 Å². The van der Waals surface area contributed by atoms with Gasteiger partial charge in [0, 0.05) is 16.6 Å². The Labute approximate surface area is 178 Å². The lowest BCUT2D eigenvalue weighted by atomic mass is 10.1. The summed E-state index contributed by atoms with van der Waals surface area (Å²) in [6.07, 6.45) is 1.46. The zero-order valence-electron chi connectivity index (χ0n) is 16.7. The van der Waals surface area contributed by atoms with Crippen molar-refractivity contribution in [3.05, 3.63) is 52.9 Å². The molecule has 1 N–H and O–H groups in total. The minimum absolute atomic E-state index is 0.302. The summed E-state index contributed by atoms with van der Waals surface area (Å²) in [5.74, 6) is 0.696. The molecule has 7 heteroatoms. The third kappa shape index (κ3) is 4.46. The molecule has 152 valence electrons. The van der Waals surface area contributed by atoms with Gasteiger partial charge in [-0.05, 0) is 49.7 Å². The third-order valence-electron chi connectivity index (χ3n) is 4.78. The molecule has 1 aliphatic heterocycles. The van der Waals surface area contributed by atoms with E-state index in [2.05, 4.69) is 56.2 Å². The number of aromatic nitrogens is 2.